The van der Waals surface area contributed by atoms with Crippen molar-refractivity contribution in [2.45, 2.75) is 70.0 Å². The number of imidazole rings is 1. The van der Waals surface area contributed by atoms with Gasteiger partial charge in [0.1, 0.15) is 0 Å². The monoisotopic (exact) mass is 454 g/mol. The molecular weight excluding hydrogens is 420 g/mol. The number of aromatic nitrogens is 2. The maximum absolute atomic E-state index is 12.8. The molecule has 0 spiro atoms. The molecule has 172 valence electrons. The number of aryl methyl sites for hydroxylation is 2. The molecule has 2 aliphatic rings. The third-order valence-electron chi connectivity index (χ3n) is 6.59. The lowest BCUT2D eigenvalue weighted by atomic mass is 9.88. The van der Waals surface area contributed by atoms with E-state index in [-0.39, 0.29) is 23.8 Å². The third-order valence-corrected chi connectivity index (χ3v) is 7.54. The molecule has 6 nitrogen and oxygen atoms in total. The van der Waals surface area contributed by atoms with Crippen LogP contribution in [0, 0.1) is 19.8 Å². The van der Waals surface area contributed by atoms with E-state index in [2.05, 4.69) is 42.3 Å². The fraction of sp³-hybridized carbons (Fsp3) is 0.560. The minimum Gasteiger partial charge on any atom is -0.353 e. The van der Waals surface area contributed by atoms with Crippen molar-refractivity contribution in [3.05, 3.63) is 41.7 Å². The lowest BCUT2D eigenvalue weighted by molar-refractivity contribution is -0.130. The van der Waals surface area contributed by atoms with Crippen LogP contribution in [0.2, 0.25) is 0 Å². The van der Waals surface area contributed by atoms with Crippen molar-refractivity contribution in [2.75, 3.05) is 18.8 Å². The summed E-state index contributed by atoms with van der Waals surface area (Å²) in [5.74, 6) is 0.937. The van der Waals surface area contributed by atoms with Crippen molar-refractivity contribution < 1.29 is 9.59 Å². The second-order valence-corrected chi connectivity index (χ2v) is 10.2. The number of rotatable bonds is 6. The average molecular weight is 455 g/mol. The van der Waals surface area contributed by atoms with Gasteiger partial charge in [0, 0.05) is 43.1 Å². The molecular formula is C25H34N4O2S. The molecule has 1 aromatic carbocycles. The molecule has 0 radical (unpaired) electrons. The van der Waals surface area contributed by atoms with E-state index in [0.717, 1.165) is 36.5 Å². The van der Waals surface area contributed by atoms with Gasteiger partial charge < -0.3 is 10.2 Å². The Morgan fingerprint density at radius 2 is 1.72 bits per heavy atom. The van der Waals surface area contributed by atoms with Gasteiger partial charge in [0.15, 0.2) is 5.16 Å². The molecule has 1 aromatic heterocycles. The van der Waals surface area contributed by atoms with Crippen LogP contribution in [0.25, 0.3) is 5.69 Å². The van der Waals surface area contributed by atoms with Crippen LogP contribution in [0.4, 0.5) is 0 Å². The van der Waals surface area contributed by atoms with Gasteiger partial charge in [0.2, 0.25) is 11.8 Å². The Bertz CT molecular complexity index is 923. The zero-order valence-corrected chi connectivity index (χ0v) is 20.0. The Hall–Kier alpha value is -2.28. The number of likely N-dealkylation sites (tertiary alicyclic amines) is 1. The van der Waals surface area contributed by atoms with Crippen LogP contribution in [0.1, 0.15) is 56.1 Å². The topological polar surface area (TPSA) is 67.2 Å². The number of hydrogen-bond acceptors (Lipinski definition) is 4. The summed E-state index contributed by atoms with van der Waals surface area (Å²) in [4.78, 5) is 31.7. The number of nitrogens with one attached hydrogen (secondary N) is 1. The first kappa shape index (κ1) is 22.9. The van der Waals surface area contributed by atoms with Crippen LogP contribution in [0.3, 0.4) is 0 Å². The van der Waals surface area contributed by atoms with Crippen molar-refractivity contribution in [3.8, 4) is 5.69 Å². The molecule has 4 rings (SSSR count). The summed E-state index contributed by atoms with van der Waals surface area (Å²) in [6.45, 7) is 5.59. The number of piperidine rings is 1. The van der Waals surface area contributed by atoms with Gasteiger partial charge >= 0.3 is 0 Å². The molecule has 2 fully saturated rings. The van der Waals surface area contributed by atoms with Crippen LogP contribution >= 0.6 is 11.8 Å². The molecule has 2 amide bonds. The van der Waals surface area contributed by atoms with Crippen LogP contribution in [-0.4, -0.2) is 51.1 Å². The van der Waals surface area contributed by atoms with E-state index in [1.165, 1.54) is 42.2 Å². The Balaban J connectivity index is 1.25. The number of nitrogens with zero attached hydrogens (tertiary/aromatic N) is 3. The zero-order valence-electron chi connectivity index (χ0n) is 19.2. The van der Waals surface area contributed by atoms with Gasteiger partial charge in [-0.3, -0.25) is 14.2 Å². The predicted octanol–water partition coefficient (Wildman–Crippen LogP) is 4.27. The van der Waals surface area contributed by atoms with Gasteiger partial charge in [-0.05, 0) is 62.8 Å². The fourth-order valence-electron chi connectivity index (χ4n) is 4.86. The maximum Gasteiger partial charge on any atom is 0.233 e. The molecule has 1 aliphatic heterocycles. The van der Waals surface area contributed by atoms with Gasteiger partial charge in [0.05, 0.1) is 5.75 Å². The van der Waals surface area contributed by atoms with Gasteiger partial charge in [-0.1, -0.05) is 37.1 Å². The van der Waals surface area contributed by atoms with Crippen LogP contribution in [0.5, 0.6) is 0 Å². The number of carbonyl (C=O) groups is 2. The highest BCUT2D eigenvalue weighted by molar-refractivity contribution is 7.99. The number of carbonyl (C=O) groups excluding carboxylic acids is 2. The largest absolute Gasteiger partial charge is 0.353 e. The van der Waals surface area contributed by atoms with Crippen molar-refractivity contribution in [1.29, 1.82) is 0 Å². The molecule has 1 saturated heterocycles. The predicted molar refractivity (Wildman–Crippen MR) is 128 cm³/mol. The van der Waals surface area contributed by atoms with E-state index in [4.69, 9.17) is 0 Å². The number of amides is 2. The van der Waals surface area contributed by atoms with Crippen molar-refractivity contribution >= 4 is 23.6 Å². The molecule has 0 unspecified atom stereocenters. The number of hydrogen-bond donors (Lipinski definition) is 1. The molecule has 2 aromatic rings. The molecule has 0 bridgehead atoms. The Kier molecular flexibility index (Phi) is 7.55. The first-order valence-corrected chi connectivity index (χ1v) is 12.8. The molecule has 7 heteroatoms. The SMILES string of the molecule is Cc1cc(C)cc(-n2ccnc2SCC(=O)N2CCC(NC(=O)C3CCCCC3)CC2)c1. The highest BCUT2D eigenvalue weighted by Gasteiger charge is 2.27. The molecule has 32 heavy (non-hydrogen) atoms. The van der Waals surface area contributed by atoms with E-state index in [1.807, 2.05) is 15.7 Å². The lowest BCUT2D eigenvalue weighted by Crippen LogP contribution is -2.48. The highest BCUT2D eigenvalue weighted by Crippen LogP contribution is 2.25. The molecule has 1 N–H and O–H groups in total. The van der Waals surface area contributed by atoms with Crippen LogP contribution in [0.15, 0.2) is 35.7 Å². The smallest absolute Gasteiger partial charge is 0.233 e. The van der Waals surface area contributed by atoms with Crippen LogP contribution in [-0.2, 0) is 9.59 Å². The zero-order chi connectivity index (χ0) is 22.5. The summed E-state index contributed by atoms with van der Waals surface area (Å²) < 4.78 is 2.05. The molecule has 0 atom stereocenters. The van der Waals surface area contributed by atoms with Gasteiger partial charge in [-0.2, -0.15) is 0 Å². The molecule has 2 heterocycles. The van der Waals surface area contributed by atoms with Crippen molar-refractivity contribution in [1.82, 2.24) is 19.8 Å². The second kappa shape index (κ2) is 10.6. The summed E-state index contributed by atoms with van der Waals surface area (Å²) in [5, 5.41) is 4.07. The van der Waals surface area contributed by atoms with E-state index in [1.54, 1.807) is 6.20 Å². The first-order valence-electron chi connectivity index (χ1n) is 11.8. The van der Waals surface area contributed by atoms with Gasteiger partial charge in [-0.25, -0.2) is 4.98 Å². The lowest BCUT2D eigenvalue weighted by Gasteiger charge is -2.33. The fourth-order valence-corrected chi connectivity index (χ4v) is 5.73. The van der Waals surface area contributed by atoms with Crippen LogP contribution < -0.4 is 5.32 Å². The first-order chi connectivity index (χ1) is 15.5. The Morgan fingerprint density at radius 1 is 1.03 bits per heavy atom. The standard InChI is InChI=1S/C25H34N4O2S/c1-18-14-19(2)16-22(15-18)29-13-10-26-25(29)32-17-23(30)28-11-8-21(9-12-28)27-24(31)20-6-4-3-5-7-20/h10,13-16,20-21H,3-9,11-12,17H2,1-2H3,(H,27,31). The number of thioether (sulfide) groups is 1. The minimum absolute atomic E-state index is 0.141. The second-order valence-electron chi connectivity index (χ2n) is 9.21. The summed E-state index contributed by atoms with van der Waals surface area (Å²) in [6.07, 6.45) is 11.1. The third kappa shape index (κ3) is 5.74. The van der Waals surface area contributed by atoms with Crippen molar-refractivity contribution in [2.24, 2.45) is 5.92 Å². The van der Waals surface area contributed by atoms with E-state index >= 15 is 0 Å². The quantitative estimate of drug-likeness (QED) is 0.662. The van der Waals surface area contributed by atoms with E-state index in [0.29, 0.717) is 18.8 Å². The summed E-state index contributed by atoms with van der Waals surface area (Å²) >= 11 is 1.48. The summed E-state index contributed by atoms with van der Waals surface area (Å²) in [7, 11) is 0. The van der Waals surface area contributed by atoms with E-state index < -0.39 is 0 Å². The Labute approximate surface area is 195 Å². The number of benzene rings is 1. The molecule has 1 saturated carbocycles. The summed E-state index contributed by atoms with van der Waals surface area (Å²) in [6, 6.07) is 6.61. The van der Waals surface area contributed by atoms with Gasteiger partial charge in [-0.15, -0.1) is 0 Å². The van der Waals surface area contributed by atoms with Gasteiger partial charge in [0.25, 0.3) is 0 Å². The van der Waals surface area contributed by atoms with E-state index in [9.17, 15) is 9.59 Å². The minimum atomic E-state index is 0.141. The molecule has 1 aliphatic carbocycles. The summed E-state index contributed by atoms with van der Waals surface area (Å²) in [5.41, 5.74) is 3.49. The van der Waals surface area contributed by atoms with Crippen molar-refractivity contribution in [3.63, 3.8) is 0 Å². The normalized spacial score (nSPS) is 18.0. The Morgan fingerprint density at radius 3 is 2.41 bits per heavy atom. The maximum atomic E-state index is 12.8. The average Bonchev–Trinajstić information content (AvgIpc) is 3.27. The highest BCUT2D eigenvalue weighted by atomic mass is 32.2.